The summed E-state index contributed by atoms with van der Waals surface area (Å²) in [4.78, 5) is 21.6. The zero-order valence-electron chi connectivity index (χ0n) is 16.4. The van der Waals surface area contributed by atoms with Crippen LogP contribution in [0.25, 0.3) is 23.1 Å². The summed E-state index contributed by atoms with van der Waals surface area (Å²) < 4.78 is 0. The van der Waals surface area contributed by atoms with Crippen LogP contribution in [0.3, 0.4) is 0 Å². The van der Waals surface area contributed by atoms with Crippen LogP contribution < -0.4 is 10.8 Å². The van der Waals surface area contributed by atoms with Gasteiger partial charge in [0.05, 0.1) is 34.8 Å². The molecule has 2 aromatic heterocycles. The number of fused-ring (bicyclic) bond motifs is 1. The number of H-pyrrole nitrogens is 1. The molecule has 2 aromatic carbocycles. The van der Waals surface area contributed by atoms with Gasteiger partial charge in [0.25, 0.3) is 5.91 Å². The molecule has 0 spiro atoms. The third kappa shape index (κ3) is 4.37. The molecule has 0 aliphatic rings. The number of nitrogens with zero attached hydrogens (tertiary/aromatic N) is 2. The third-order valence-electron chi connectivity index (χ3n) is 4.45. The summed E-state index contributed by atoms with van der Waals surface area (Å²) in [6, 6.07) is 18.9. The largest absolute Gasteiger partial charge is 0.355 e. The summed E-state index contributed by atoms with van der Waals surface area (Å²) in [7, 11) is 0. The molecule has 0 fully saturated rings. The number of carbonyl (C=O) groups is 1. The quantitative estimate of drug-likeness (QED) is 0.397. The number of carbonyl (C=O) groups excluding carboxylic acids is 1. The maximum absolute atomic E-state index is 12.3. The predicted octanol–water partition coefficient (Wildman–Crippen LogP) is 4.55. The van der Waals surface area contributed by atoms with E-state index >= 15 is 0 Å². The molecule has 0 saturated heterocycles. The lowest BCUT2D eigenvalue weighted by atomic mass is 10.1. The molecule has 0 unspecified atom stereocenters. The second-order valence-corrected chi connectivity index (χ2v) is 6.49. The van der Waals surface area contributed by atoms with E-state index in [9.17, 15) is 4.79 Å². The summed E-state index contributed by atoms with van der Waals surface area (Å²) in [6.45, 7) is 2.21. The van der Waals surface area contributed by atoms with Crippen molar-refractivity contribution in [2.75, 3.05) is 11.9 Å². The van der Waals surface area contributed by atoms with Crippen molar-refractivity contribution in [3.05, 3.63) is 83.8 Å². The molecular weight excluding hydrogens is 378 g/mol. The molecule has 7 heteroatoms. The molecule has 7 nitrogen and oxygen atoms in total. The number of benzene rings is 2. The Bertz CT molecular complexity index is 1180. The average Bonchev–Trinajstić information content (AvgIpc) is 3.19. The highest BCUT2D eigenvalue weighted by Crippen LogP contribution is 2.26. The molecule has 0 aliphatic carbocycles. The number of para-hydroxylation sites is 1. The van der Waals surface area contributed by atoms with Crippen LogP contribution in [0.2, 0.25) is 0 Å². The van der Waals surface area contributed by atoms with Gasteiger partial charge in [0, 0.05) is 17.3 Å². The molecule has 0 radical (unpaired) electrons. The molecule has 2 heterocycles. The van der Waals surface area contributed by atoms with Gasteiger partial charge in [0.15, 0.2) is 0 Å². The van der Waals surface area contributed by atoms with Crippen LogP contribution in [-0.2, 0) is 4.84 Å². The molecule has 0 aliphatic heterocycles. The van der Waals surface area contributed by atoms with Gasteiger partial charge in [-0.2, -0.15) is 5.10 Å². The van der Waals surface area contributed by atoms with Crippen molar-refractivity contribution in [3.8, 4) is 0 Å². The summed E-state index contributed by atoms with van der Waals surface area (Å²) in [5, 5.41) is 11.7. The van der Waals surface area contributed by atoms with E-state index in [1.165, 1.54) is 0 Å². The lowest BCUT2D eigenvalue weighted by Gasteiger charge is -2.12. The lowest BCUT2D eigenvalue weighted by molar-refractivity contribution is 0.0365. The molecule has 0 saturated carbocycles. The molecule has 30 heavy (non-hydrogen) atoms. The van der Waals surface area contributed by atoms with E-state index in [1.807, 2.05) is 73.7 Å². The summed E-state index contributed by atoms with van der Waals surface area (Å²) >= 11 is 0. The van der Waals surface area contributed by atoms with E-state index < -0.39 is 0 Å². The Balaban J connectivity index is 1.56. The fourth-order valence-electron chi connectivity index (χ4n) is 3.02. The molecule has 4 rings (SSSR count). The Labute approximate surface area is 173 Å². The van der Waals surface area contributed by atoms with Crippen molar-refractivity contribution >= 4 is 40.3 Å². The monoisotopic (exact) mass is 399 g/mol. The second kappa shape index (κ2) is 9.02. The van der Waals surface area contributed by atoms with E-state index in [0.717, 1.165) is 28.0 Å². The zero-order valence-corrected chi connectivity index (χ0v) is 16.4. The van der Waals surface area contributed by atoms with Gasteiger partial charge in [0.1, 0.15) is 0 Å². The highest BCUT2D eigenvalue weighted by Gasteiger charge is 2.12. The Hall–Kier alpha value is -3.97. The Morgan fingerprint density at radius 2 is 1.97 bits per heavy atom. The first kappa shape index (κ1) is 19.4. The highest BCUT2D eigenvalue weighted by molar-refractivity contribution is 6.00. The number of hydroxylamine groups is 1. The van der Waals surface area contributed by atoms with Crippen molar-refractivity contribution in [2.45, 2.75) is 6.92 Å². The van der Waals surface area contributed by atoms with Gasteiger partial charge in [0.2, 0.25) is 0 Å². The first-order valence-corrected chi connectivity index (χ1v) is 9.60. The normalized spacial score (nSPS) is 11.1. The number of aromatic amines is 1. The first-order chi connectivity index (χ1) is 14.7. The maximum atomic E-state index is 12.3. The van der Waals surface area contributed by atoms with Crippen molar-refractivity contribution in [2.24, 2.45) is 0 Å². The van der Waals surface area contributed by atoms with Gasteiger partial charge in [-0.1, -0.05) is 18.2 Å². The van der Waals surface area contributed by atoms with E-state index in [-0.39, 0.29) is 5.91 Å². The second-order valence-electron chi connectivity index (χ2n) is 6.49. The fraction of sp³-hybridized carbons (Fsp3) is 0.0870. The molecule has 0 atom stereocenters. The van der Waals surface area contributed by atoms with Gasteiger partial charge in [-0.3, -0.25) is 19.7 Å². The van der Waals surface area contributed by atoms with E-state index in [1.54, 1.807) is 12.3 Å². The van der Waals surface area contributed by atoms with Crippen molar-refractivity contribution in [3.63, 3.8) is 0 Å². The number of nitrogens with one attached hydrogen (secondary N) is 3. The molecule has 1 amide bonds. The van der Waals surface area contributed by atoms with Gasteiger partial charge in [-0.05, 0) is 61.5 Å². The number of hydrogen-bond acceptors (Lipinski definition) is 5. The van der Waals surface area contributed by atoms with Crippen LogP contribution in [0.1, 0.15) is 28.7 Å². The van der Waals surface area contributed by atoms with Crippen LogP contribution in [-0.4, -0.2) is 27.7 Å². The molecule has 150 valence electrons. The third-order valence-corrected chi connectivity index (χ3v) is 4.45. The predicted molar refractivity (Wildman–Crippen MR) is 118 cm³/mol. The van der Waals surface area contributed by atoms with Crippen LogP contribution in [0.15, 0.2) is 66.9 Å². The van der Waals surface area contributed by atoms with Crippen molar-refractivity contribution in [1.29, 1.82) is 0 Å². The van der Waals surface area contributed by atoms with E-state index in [0.29, 0.717) is 17.9 Å². The van der Waals surface area contributed by atoms with Crippen LogP contribution in [0.4, 0.5) is 11.4 Å². The number of hydrogen-bond donors (Lipinski definition) is 3. The number of pyridine rings is 1. The minimum atomic E-state index is -0.301. The van der Waals surface area contributed by atoms with Crippen molar-refractivity contribution < 1.29 is 9.63 Å². The highest BCUT2D eigenvalue weighted by atomic mass is 16.6. The lowest BCUT2D eigenvalue weighted by Crippen LogP contribution is -2.24. The van der Waals surface area contributed by atoms with E-state index in [2.05, 4.69) is 26.0 Å². The SMILES string of the molecule is CCONC(=O)c1ccccc1Nc1ccc2c(/C=C/c3ccccn3)n[nH]c2c1. The summed E-state index contributed by atoms with van der Waals surface area (Å²) in [6.07, 6.45) is 5.61. The topological polar surface area (TPSA) is 91.9 Å². The standard InChI is InChI=1S/C23H21N5O2/c1-2-30-28-23(29)19-8-3-4-9-20(19)25-17-10-12-18-21(26-27-22(18)15-17)13-11-16-7-5-6-14-24-16/h3-15,25H,2H2,1H3,(H,26,27)(H,28,29)/b13-11+. The zero-order chi connectivity index (χ0) is 20.8. The first-order valence-electron chi connectivity index (χ1n) is 9.60. The van der Waals surface area contributed by atoms with Gasteiger partial charge >= 0.3 is 0 Å². The molecular formula is C23H21N5O2. The fourth-order valence-corrected chi connectivity index (χ4v) is 3.02. The summed E-state index contributed by atoms with van der Waals surface area (Å²) in [5.74, 6) is -0.301. The van der Waals surface area contributed by atoms with Gasteiger partial charge in [-0.15, -0.1) is 0 Å². The van der Waals surface area contributed by atoms with Crippen LogP contribution in [0.5, 0.6) is 0 Å². The smallest absolute Gasteiger partial charge is 0.276 e. The number of rotatable bonds is 7. The number of aromatic nitrogens is 3. The Morgan fingerprint density at radius 3 is 2.80 bits per heavy atom. The molecule has 3 N–H and O–H groups in total. The van der Waals surface area contributed by atoms with Crippen molar-refractivity contribution in [1.82, 2.24) is 20.7 Å². The average molecular weight is 399 g/mol. The number of amides is 1. The minimum absolute atomic E-state index is 0.301. The minimum Gasteiger partial charge on any atom is -0.355 e. The van der Waals surface area contributed by atoms with Gasteiger partial charge in [-0.25, -0.2) is 5.48 Å². The van der Waals surface area contributed by atoms with E-state index in [4.69, 9.17) is 4.84 Å². The molecule has 0 bridgehead atoms. The Morgan fingerprint density at radius 1 is 1.10 bits per heavy atom. The van der Waals surface area contributed by atoms with Crippen LogP contribution >= 0.6 is 0 Å². The van der Waals surface area contributed by atoms with Crippen LogP contribution in [0, 0.1) is 0 Å². The van der Waals surface area contributed by atoms with Gasteiger partial charge < -0.3 is 5.32 Å². The number of anilines is 2. The molecule has 4 aromatic rings. The summed E-state index contributed by atoms with van der Waals surface area (Å²) in [5.41, 5.74) is 7.03. The Kier molecular flexibility index (Phi) is 5.82. The maximum Gasteiger partial charge on any atom is 0.276 e.